The molecule has 0 spiro atoms. The molecule has 4 heteroatoms. The highest BCUT2D eigenvalue weighted by atomic mass is 32.2. The number of pyridine rings is 1. The van der Waals surface area contributed by atoms with Crippen molar-refractivity contribution in [3.8, 4) is 5.88 Å². The van der Waals surface area contributed by atoms with Crippen LogP contribution in [0.5, 0.6) is 5.88 Å². The zero-order valence-electron chi connectivity index (χ0n) is 10.2. The second-order valence-electron chi connectivity index (χ2n) is 3.62. The molecule has 0 aliphatic rings. The van der Waals surface area contributed by atoms with Gasteiger partial charge in [-0.15, -0.1) is 0 Å². The maximum Gasteiger partial charge on any atom is 0.214 e. The first-order valence-electron chi connectivity index (χ1n) is 5.60. The maximum absolute atomic E-state index is 5.08. The number of ether oxygens (including phenoxy) is 1. The van der Waals surface area contributed by atoms with Gasteiger partial charge >= 0.3 is 0 Å². The molecule has 16 heavy (non-hydrogen) atoms. The predicted molar refractivity (Wildman–Crippen MR) is 71.5 cm³/mol. The van der Waals surface area contributed by atoms with E-state index in [1.54, 1.807) is 13.3 Å². The minimum Gasteiger partial charge on any atom is -0.481 e. The Bertz CT molecular complexity index is 307. The molecular weight excluding hydrogens is 220 g/mol. The summed E-state index contributed by atoms with van der Waals surface area (Å²) < 4.78 is 5.08. The van der Waals surface area contributed by atoms with Crippen LogP contribution < -0.4 is 10.1 Å². The number of aromatic nitrogens is 1. The van der Waals surface area contributed by atoms with E-state index in [-0.39, 0.29) is 0 Å². The number of hydrogen-bond acceptors (Lipinski definition) is 4. The molecule has 0 fully saturated rings. The molecule has 0 saturated heterocycles. The van der Waals surface area contributed by atoms with Crippen LogP contribution in [0, 0.1) is 0 Å². The van der Waals surface area contributed by atoms with Crippen LogP contribution in [0.1, 0.15) is 20.3 Å². The molecular formula is C12H20N2OS. The molecule has 1 aromatic heterocycles. The fourth-order valence-electron chi connectivity index (χ4n) is 1.37. The molecule has 0 aliphatic heterocycles. The quantitative estimate of drug-likeness (QED) is 0.743. The zero-order valence-corrected chi connectivity index (χ0v) is 11.0. The number of rotatable bonds is 7. The van der Waals surface area contributed by atoms with Crippen molar-refractivity contribution in [2.45, 2.75) is 26.3 Å². The fourth-order valence-corrected chi connectivity index (χ4v) is 2.18. The van der Waals surface area contributed by atoms with Crippen LogP contribution in [0.4, 0.5) is 5.69 Å². The van der Waals surface area contributed by atoms with Gasteiger partial charge in [-0.1, -0.05) is 6.92 Å². The van der Waals surface area contributed by atoms with Gasteiger partial charge in [-0.3, -0.25) is 0 Å². The van der Waals surface area contributed by atoms with E-state index in [4.69, 9.17) is 4.74 Å². The van der Waals surface area contributed by atoms with Gasteiger partial charge in [0.2, 0.25) is 5.88 Å². The predicted octanol–water partition coefficient (Wildman–Crippen LogP) is 3.03. The highest BCUT2D eigenvalue weighted by Crippen LogP contribution is 2.15. The Balaban J connectivity index is 2.39. The largest absolute Gasteiger partial charge is 0.481 e. The first-order valence-corrected chi connectivity index (χ1v) is 6.76. The molecule has 1 N–H and O–H groups in total. The molecule has 0 aliphatic carbocycles. The van der Waals surface area contributed by atoms with Crippen LogP contribution in [0.3, 0.4) is 0 Å². The second kappa shape index (κ2) is 7.39. The van der Waals surface area contributed by atoms with Crippen LogP contribution in [0.15, 0.2) is 18.3 Å². The van der Waals surface area contributed by atoms with Gasteiger partial charge in [0.25, 0.3) is 0 Å². The lowest BCUT2D eigenvalue weighted by Gasteiger charge is -2.15. The van der Waals surface area contributed by atoms with Gasteiger partial charge in [-0.2, -0.15) is 11.8 Å². The van der Waals surface area contributed by atoms with Crippen LogP contribution >= 0.6 is 11.8 Å². The van der Waals surface area contributed by atoms with Gasteiger partial charge in [0, 0.05) is 24.0 Å². The number of anilines is 1. The van der Waals surface area contributed by atoms with Gasteiger partial charge < -0.3 is 10.1 Å². The molecule has 1 aromatic rings. The van der Waals surface area contributed by atoms with Crippen molar-refractivity contribution < 1.29 is 4.74 Å². The fraction of sp³-hybridized carbons (Fsp3) is 0.583. The number of nitrogens with zero attached hydrogens (tertiary/aromatic N) is 1. The van der Waals surface area contributed by atoms with Crippen molar-refractivity contribution in [3.63, 3.8) is 0 Å². The average molecular weight is 240 g/mol. The Morgan fingerprint density at radius 3 is 3.06 bits per heavy atom. The second-order valence-corrected chi connectivity index (χ2v) is 5.01. The standard InChI is InChI=1S/C12H20N2OS/c1-4-16-8-6-10(2)14-11-5-7-13-12(9-11)15-3/h5,7,9-10H,4,6,8H2,1-3H3,(H,13,14). The van der Waals surface area contributed by atoms with Crippen LogP contribution in [0.25, 0.3) is 0 Å². The summed E-state index contributed by atoms with van der Waals surface area (Å²) in [5.74, 6) is 3.04. The maximum atomic E-state index is 5.08. The summed E-state index contributed by atoms with van der Waals surface area (Å²) in [6.07, 6.45) is 2.93. The van der Waals surface area contributed by atoms with Crippen LogP contribution in [-0.2, 0) is 0 Å². The van der Waals surface area contributed by atoms with Crippen molar-refractivity contribution in [1.82, 2.24) is 4.98 Å². The molecule has 90 valence electrons. The lowest BCUT2D eigenvalue weighted by Crippen LogP contribution is -2.16. The summed E-state index contributed by atoms with van der Waals surface area (Å²) in [5.41, 5.74) is 1.07. The Morgan fingerprint density at radius 1 is 1.56 bits per heavy atom. The van der Waals surface area contributed by atoms with E-state index >= 15 is 0 Å². The van der Waals surface area contributed by atoms with Crippen molar-refractivity contribution >= 4 is 17.4 Å². The third-order valence-electron chi connectivity index (χ3n) is 2.26. The van der Waals surface area contributed by atoms with Crippen molar-refractivity contribution in [3.05, 3.63) is 18.3 Å². The molecule has 0 radical (unpaired) electrons. The molecule has 3 nitrogen and oxygen atoms in total. The van der Waals surface area contributed by atoms with E-state index in [1.165, 1.54) is 17.9 Å². The number of thioether (sulfide) groups is 1. The molecule has 1 heterocycles. The van der Waals surface area contributed by atoms with Crippen molar-refractivity contribution in [1.29, 1.82) is 0 Å². The molecule has 1 rings (SSSR count). The van der Waals surface area contributed by atoms with Gasteiger partial charge in [0.15, 0.2) is 0 Å². The third-order valence-corrected chi connectivity index (χ3v) is 3.19. The minimum absolute atomic E-state index is 0.478. The Hall–Kier alpha value is -0.900. The van der Waals surface area contributed by atoms with Gasteiger partial charge in [-0.05, 0) is 30.9 Å². The first kappa shape index (κ1) is 13.2. The molecule has 0 aromatic carbocycles. The normalized spacial score (nSPS) is 12.2. The summed E-state index contributed by atoms with van der Waals surface area (Å²) in [6, 6.07) is 4.36. The van der Waals surface area contributed by atoms with Gasteiger partial charge in [0.1, 0.15) is 0 Å². The highest BCUT2D eigenvalue weighted by Gasteiger charge is 2.02. The number of hydrogen-bond donors (Lipinski definition) is 1. The number of nitrogens with one attached hydrogen (secondary N) is 1. The average Bonchev–Trinajstić information content (AvgIpc) is 2.29. The van der Waals surface area contributed by atoms with Crippen LogP contribution in [0.2, 0.25) is 0 Å². The van der Waals surface area contributed by atoms with Gasteiger partial charge in [-0.25, -0.2) is 4.98 Å². The first-order chi connectivity index (χ1) is 7.76. The van der Waals surface area contributed by atoms with Crippen molar-refractivity contribution in [2.75, 3.05) is 23.9 Å². The summed E-state index contributed by atoms with van der Waals surface area (Å²) in [4.78, 5) is 4.07. The molecule has 0 saturated carbocycles. The molecule has 1 atom stereocenters. The minimum atomic E-state index is 0.478. The molecule has 0 bridgehead atoms. The van der Waals surface area contributed by atoms with E-state index < -0.39 is 0 Å². The van der Waals surface area contributed by atoms with E-state index in [0.717, 1.165) is 5.69 Å². The van der Waals surface area contributed by atoms with Crippen LogP contribution in [-0.4, -0.2) is 29.6 Å². The molecule has 1 unspecified atom stereocenters. The summed E-state index contributed by atoms with van der Waals surface area (Å²) in [5, 5.41) is 3.44. The summed E-state index contributed by atoms with van der Waals surface area (Å²) in [6.45, 7) is 4.39. The monoisotopic (exact) mass is 240 g/mol. The Morgan fingerprint density at radius 2 is 2.38 bits per heavy atom. The lowest BCUT2D eigenvalue weighted by atomic mass is 10.2. The van der Waals surface area contributed by atoms with E-state index in [1.807, 2.05) is 23.9 Å². The number of methoxy groups -OCH3 is 1. The van der Waals surface area contributed by atoms with E-state index in [0.29, 0.717) is 11.9 Å². The van der Waals surface area contributed by atoms with Gasteiger partial charge in [0.05, 0.1) is 7.11 Å². The summed E-state index contributed by atoms with van der Waals surface area (Å²) in [7, 11) is 1.63. The lowest BCUT2D eigenvalue weighted by molar-refractivity contribution is 0.398. The van der Waals surface area contributed by atoms with E-state index in [2.05, 4.69) is 24.1 Å². The summed E-state index contributed by atoms with van der Waals surface area (Å²) >= 11 is 1.98. The highest BCUT2D eigenvalue weighted by molar-refractivity contribution is 7.99. The topological polar surface area (TPSA) is 34.2 Å². The van der Waals surface area contributed by atoms with E-state index in [9.17, 15) is 0 Å². The Kier molecular flexibility index (Phi) is 6.08. The molecule has 0 amide bonds. The smallest absolute Gasteiger partial charge is 0.214 e. The zero-order chi connectivity index (χ0) is 11.8. The van der Waals surface area contributed by atoms with Crippen molar-refractivity contribution in [2.24, 2.45) is 0 Å². The third kappa shape index (κ3) is 4.75. The Labute approximate surface area is 102 Å². The SMILES string of the molecule is CCSCCC(C)Nc1ccnc(OC)c1.